The molecule has 0 aromatic carbocycles. The molecule has 1 aliphatic heterocycles. The van der Waals surface area contributed by atoms with Crippen molar-refractivity contribution in [3.8, 4) is 0 Å². The zero-order valence-corrected chi connectivity index (χ0v) is 23.9. The van der Waals surface area contributed by atoms with Crippen molar-refractivity contribution >= 4 is 56.6 Å². The molecule has 0 aliphatic carbocycles. The van der Waals surface area contributed by atoms with Gasteiger partial charge in [-0.15, -0.1) is 0 Å². The van der Waals surface area contributed by atoms with Crippen LogP contribution in [-0.4, -0.2) is 50.8 Å². The van der Waals surface area contributed by atoms with E-state index in [0.717, 1.165) is 0 Å². The van der Waals surface area contributed by atoms with E-state index >= 15 is 0 Å². The summed E-state index contributed by atoms with van der Waals surface area (Å²) < 4.78 is 5.48. The van der Waals surface area contributed by atoms with Gasteiger partial charge < -0.3 is 0 Å². The van der Waals surface area contributed by atoms with Crippen molar-refractivity contribution in [1.82, 2.24) is 3.12 Å². The first kappa shape index (κ1) is 26.0. The number of halogens is 1. The Labute approximate surface area is 168 Å². The van der Waals surface area contributed by atoms with E-state index in [1.165, 1.54) is 51.8 Å². The molecule has 1 heterocycles. The summed E-state index contributed by atoms with van der Waals surface area (Å²) in [6.07, 6.45) is 8.05. The fourth-order valence-corrected chi connectivity index (χ4v) is 19.7. The van der Waals surface area contributed by atoms with Crippen LogP contribution in [0.2, 0.25) is 28.1 Å². The van der Waals surface area contributed by atoms with Gasteiger partial charge in [-0.1, -0.05) is 0 Å². The molecule has 0 N–H and O–H groups in total. The molecule has 1 fully saturated rings. The topological polar surface area (TPSA) is 37.4 Å². The number of nitrogens with zero attached hydrogens (tertiary/aromatic N) is 1. The summed E-state index contributed by atoms with van der Waals surface area (Å²) in [6.45, 7) is 6.64. The Balaban J connectivity index is 0.00000101. The first-order valence-corrected chi connectivity index (χ1v) is 29.7. The summed E-state index contributed by atoms with van der Waals surface area (Å²) >= 11 is -4.51. The predicted molar refractivity (Wildman–Crippen MR) is 115 cm³/mol. The standard InChI is InChI=1S/C4H5NO2.3C4H9.3CH3.ClH.2Sn/c6-3-1-2-4(7)5-3;3*1-3-4-2;;;;;;/h1-2H2,(H,5,6,7);3*1,3-4H2,2H3;3*1H3;1H;;/q;;;;;;;;2*+1/p-2. The Morgan fingerprint density at radius 3 is 1.32 bits per heavy atom. The van der Waals surface area contributed by atoms with Gasteiger partial charge in [-0.25, -0.2) is 0 Å². The van der Waals surface area contributed by atoms with Gasteiger partial charge >= 0.3 is 170 Å². The Morgan fingerprint density at radius 1 is 0.800 bits per heavy atom. The van der Waals surface area contributed by atoms with Crippen molar-refractivity contribution in [2.24, 2.45) is 0 Å². The fraction of sp³-hybridized carbons (Fsp3) is 0.895. The van der Waals surface area contributed by atoms with Crippen LogP contribution in [0.15, 0.2) is 0 Å². The molecule has 0 unspecified atom stereocenters. The molecule has 1 saturated heterocycles. The zero-order chi connectivity index (χ0) is 19.5. The van der Waals surface area contributed by atoms with Crippen molar-refractivity contribution < 1.29 is 9.59 Å². The molecule has 0 bridgehead atoms. The van der Waals surface area contributed by atoms with Crippen LogP contribution in [0.5, 0.6) is 0 Å². The van der Waals surface area contributed by atoms with E-state index in [2.05, 4.69) is 35.6 Å². The zero-order valence-electron chi connectivity index (χ0n) is 17.4. The molecule has 3 nitrogen and oxygen atoms in total. The molecule has 0 saturated carbocycles. The maximum atomic E-state index is 12.3. The molecule has 0 atom stereocenters. The fourth-order valence-electron chi connectivity index (χ4n) is 3.33. The van der Waals surface area contributed by atoms with E-state index in [9.17, 15) is 9.59 Å². The van der Waals surface area contributed by atoms with Gasteiger partial charge in [0.2, 0.25) is 0 Å². The minimum absolute atomic E-state index is 0.161. The van der Waals surface area contributed by atoms with Crippen LogP contribution in [0.4, 0.5) is 0 Å². The molecule has 148 valence electrons. The molecule has 1 aliphatic rings. The number of rotatable bonds is 10. The van der Waals surface area contributed by atoms with E-state index in [1.807, 2.05) is 3.12 Å². The Kier molecular flexibility index (Phi) is 13.8. The monoisotopic (exact) mass is 589 g/mol. The number of carbonyl (C=O) groups excluding carboxylic acids is 2. The van der Waals surface area contributed by atoms with Crippen molar-refractivity contribution in [2.75, 3.05) is 0 Å². The third-order valence-electron chi connectivity index (χ3n) is 4.51. The normalized spacial score (nSPS) is 15.4. The molecule has 2 amide bonds. The van der Waals surface area contributed by atoms with E-state index in [1.54, 1.807) is 0 Å². The van der Waals surface area contributed by atoms with Crippen molar-refractivity contribution in [2.45, 2.75) is 100 Å². The van der Waals surface area contributed by atoms with Gasteiger partial charge in [0, 0.05) is 0 Å². The minimum atomic E-state index is -2.80. The molecule has 0 aromatic heterocycles. The van der Waals surface area contributed by atoms with Gasteiger partial charge in [-0.3, -0.25) is 0 Å². The van der Waals surface area contributed by atoms with Gasteiger partial charge in [0.1, 0.15) is 0 Å². The number of carbonyl (C=O) groups is 2. The molecule has 0 aromatic rings. The first-order valence-electron chi connectivity index (χ1n) is 10.2. The van der Waals surface area contributed by atoms with Gasteiger partial charge in [-0.2, -0.15) is 0 Å². The van der Waals surface area contributed by atoms with E-state index in [0.29, 0.717) is 12.8 Å². The van der Waals surface area contributed by atoms with Gasteiger partial charge in [-0.05, 0) is 0 Å². The summed E-state index contributed by atoms with van der Waals surface area (Å²) in [7, 11) is 5.74. The molecule has 1 rings (SSSR count). The second kappa shape index (κ2) is 13.2. The summed E-state index contributed by atoms with van der Waals surface area (Å²) in [6, 6.07) is 0. The van der Waals surface area contributed by atoms with Crippen LogP contribution in [0.1, 0.15) is 72.1 Å². The van der Waals surface area contributed by atoms with E-state index < -0.39 is 35.9 Å². The van der Waals surface area contributed by atoms with Crippen LogP contribution in [0.3, 0.4) is 0 Å². The molecular formula is C19H40ClNO2Sn2. The molecule has 25 heavy (non-hydrogen) atoms. The van der Waals surface area contributed by atoms with Crippen LogP contribution < -0.4 is 0 Å². The van der Waals surface area contributed by atoms with E-state index in [-0.39, 0.29) is 11.8 Å². The Hall–Kier alpha value is 1.03. The molecule has 0 spiro atoms. The second-order valence-electron chi connectivity index (χ2n) is 8.22. The number of amides is 2. The van der Waals surface area contributed by atoms with Crippen LogP contribution in [0, 0.1) is 0 Å². The Morgan fingerprint density at radius 2 is 1.08 bits per heavy atom. The quantitative estimate of drug-likeness (QED) is 0.215. The first-order chi connectivity index (χ1) is 11.6. The maximum absolute atomic E-state index is 12.3. The molecular weight excluding hydrogens is 547 g/mol. The van der Waals surface area contributed by atoms with E-state index in [4.69, 9.17) is 8.92 Å². The van der Waals surface area contributed by atoms with Gasteiger partial charge in [0.25, 0.3) is 0 Å². The third-order valence-corrected chi connectivity index (χ3v) is 19.6. The number of hydrogen-bond donors (Lipinski definition) is 0. The SMILES string of the molecule is CCC[CH2][Sn]([CH2]CCC)([CH2]CCC)[N]1C(=O)CCC1=O.[CH3][Sn]([CH3])([CH3])[Cl]. The Bertz CT molecular complexity index is 367. The summed E-state index contributed by atoms with van der Waals surface area (Å²) in [5, 5.41) is 0. The van der Waals surface area contributed by atoms with Crippen LogP contribution in [-0.2, 0) is 9.59 Å². The number of unbranched alkanes of at least 4 members (excludes halogenated alkanes) is 3. The van der Waals surface area contributed by atoms with Crippen molar-refractivity contribution in [3.63, 3.8) is 0 Å². The number of hydrogen-bond acceptors (Lipinski definition) is 2. The van der Waals surface area contributed by atoms with Gasteiger partial charge in [0.05, 0.1) is 0 Å². The van der Waals surface area contributed by atoms with Crippen molar-refractivity contribution in [1.29, 1.82) is 0 Å². The third kappa shape index (κ3) is 10.8. The second-order valence-corrected chi connectivity index (χ2v) is 40.2. The van der Waals surface area contributed by atoms with Crippen LogP contribution >= 0.6 is 8.92 Å². The summed E-state index contributed by atoms with van der Waals surface area (Å²) in [5.41, 5.74) is 0. The van der Waals surface area contributed by atoms with Crippen LogP contribution in [0.25, 0.3) is 0 Å². The average molecular weight is 587 g/mol. The summed E-state index contributed by atoms with van der Waals surface area (Å²) in [5.74, 6) is 0.322. The van der Waals surface area contributed by atoms with Crippen molar-refractivity contribution in [3.05, 3.63) is 0 Å². The predicted octanol–water partition coefficient (Wildman–Crippen LogP) is 6.54. The van der Waals surface area contributed by atoms with Gasteiger partial charge in [0.15, 0.2) is 0 Å². The summed E-state index contributed by atoms with van der Waals surface area (Å²) in [4.78, 5) is 31.0. The molecule has 0 radical (unpaired) electrons. The average Bonchev–Trinajstić information content (AvgIpc) is 2.85. The number of imide groups is 1. The molecule has 6 heteroatoms.